The standard InChI is InChI=1S/C18H26O.C10H12/c1-2-18(14-8-12-17(19)15-18)13-7-6-11-16-9-4-3-5-10-16;1-2-3-7-10-8-5-4-6-9-10/h3-5,9-10H,2,6-8,11-15H2,1H3;2,4-6,8-9H,1,3,7H2/t18-;/m1./s1. The second kappa shape index (κ2) is 13.1. The number of allylic oxidation sites excluding steroid dienone is 1. The Kier molecular flexibility index (Phi) is 10.5. The van der Waals surface area contributed by atoms with Crippen LogP contribution < -0.4 is 0 Å². The summed E-state index contributed by atoms with van der Waals surface area (Å²) in [5.74, 6) is 0.496. The van der Waals surface area contributed by atoms with Crippen LogP contribution in [0, 0.1) is 5.41 Å². The fraction of sp³-hybridized carbons (Fsp3) is 0.464. The number of benzene rings is 2. The van der Waals surface area contributed by atoms with Crippen molar-refractivity contribution < 1.29 is 4.79 Å². The van der Waals surface area contributed by atoms with Crippen LogP contribution in [0.25, 0.3) is 0 Å². The maximum Gasteiger partial charge on any atom is 0.133 e. The van der Waals surface area contributed by atoms with Crippen molar-refractivity contribution in [2.45, 2.75) is 77.6 Å². The third-order valence-corrected chi connectivity index (χ3v) is 6.23. The number of hydrogen-bond donors (Lipinski definition) is 0. The zero-order chi connectivity index (χ0) is 20.8. The van der Waals surface area contributed by atoms with Crippen LogP contribution >= 0.6 is 0 Å². The maximum atomic E-state index is 11.7. The number of unbranched alkanes of at least 4 members (excludes halogenated alkanes) is 1. The van der Waals surface area contributed by atoms with Gasteiger partial charge in [-0.2, -0.15) is 0 Å². The van der Waals surface area contributed by atoms with Crippen LogP contribution in [0.4, 0.5) is 0 Å². The molecule has 0 aromatic heterocycles. The van der Waals surface area contributed by atoms with Gasteiger partial charge in [-0.05, 0) is 61.5 Å². The van der Waals surface area contributed by atoms with Crippen molar-refractivity contribution in [3.63, 3.8) is 0 Å². The van der Waals surface area contributed by atoms with Crippen LogP contribution in [0.15, 0.2) is 73.3 Å². The largest absolute Gasteiger partial charge is 0.300 e. The molecule has 1 fully saturated rings. The summed E-state index contributed by atoms with van der Waals surface area (Å²) >= 11 is 0. The molecule has 156 valence electrons. The van der Waals surface area contributed by atoms with Crippen LogP contribution in [-0.2, 0) is 17.6 Å². The highest BCUT2D eigenvalue weighted by Gasteiger charge is 2.33. The lowest BCUT2D eigenvalue weighted by atomic mass is 9.69. The maximum absolute atomic E-state index is 11.7. The van der Waals surface area contributed by atoms with E-state index in [1.165, 1.54) is 49.7 Å². The Morgan fingerprint density at radius 3 is 2.10 bits per heavy atom. The first-order valence-electron chi connectivity index (χ1n) is 11.4. The van der Waals surface area contributed by atoms with Crippen LogP contribution in [0.3, 0.4) is 0 Å². The molecule has 0 unspecified atom stereocenters. The third kappa shape index (κ3) is 8.81. The second-order valence-corrected chi connectivity index (χ2v) is 8.43. The summed E-state index contributed by atoms with van der Waals surface area (Å²) in [5.41, 5.74) is 3.17. The average Bonchev–Trinajstić information content (AvgIpc) is 2.77. The smallest absolute Gasteiger partial charge is 0.133 e. The highest BCUT2D eigenvalue weighted by Crippen LogP contribution is 2.41. The minimum Gasteiger partial charge on any atom is -0.300 e. The number of ketones is 1. The first kappa shape index (κ1) is 23.1. The van der Waals surface area contributed by atoms with Crippen LogP contribution in [0.5, 0.6) is 0 Å². The second-order valence-electron chi connectivity index (χ2n) is 8.43. The molecule has 1 atom stereocenters. The molecule has 0 saturated heterocycles. The Balaban J connectivity index is 0.000000253. The fourth-order valence-corrected chi connectivity index (χ4v) is 4.33. The molecule has 0 aliphatic heterocycles. The van der Waals surface area contributed by atoms with E-state index < -0.39 is 0 Å². The highest BCUT2D eigenvalue weighted by atomic mass is 16.1. The Morgan fingerprint density at radius 1 is 0.931 bits per heavy atom. The molecule has 0 spiro atoms. The zero-order valence-electron chi connectivity index (χ0n) is 18.2. The minimum atomic E-state index is 0.339. The average molecular weight is 391 g/mol. The van der Waals surface area contributed by atoms with Crippen molar-refractivity contribution in [3.05, 3.63) is 84.4 Å². The topological polar surface area (TPSA) is 17.1 Å². The predicted octanol–water partition coefficient (Wildman–Crippen LogP) is 7.74. The molecular formula is C28H38O. The molecule has 1 aliphatic rings. The van der Waals surface area contributed by atoms with Gasteiger partial charge >= 0.3 is 0 Å². The van der Waals surface area contributed by atoms with Crippen molar-refractivity contribution in [3.8, 4) is 0 Å². The molecule has 0 bridgehead atoms. The number of carbonyl (C=O) groups excluding carboxylic acids is 1. The van der Waals surface area contributed by atoms with Crippen molar-refractivity contribution in [1.29, 1.82) is 0 Å². The number of hydrogen-bond acceptors (Lipinski definition) is 1. The molecule has 0 amide bonds. The van der Waals surface area contributed by atoms with Gasteiger partial charge in [0.1, 0.15) is 5.78 Å². The van der Waals surface area contributed by atoms with Gasteiger partial charge < -0.3 is 0 Å². The summed E-state index contributed by atoms with van der Waals surface area (Å²) in [6.45, 7) is 5.94. The van der Waals surface area contributed by atoms with Gasteiger partial charge in [0.25, 0.3) is 0 Å². The number of rotatable bonds is 9. The van der Waals surface area contributed by atoms with E-state index in [1.54, 1.807) is 0 Å². The lowest BCUT2D eigenvalue weighted by Crippen LogP contribution is -2.28. The van der Waals surface area contributed by atoms with E-state index in [9.17, 15) is 4.79 Å². The summed E-state index contributed by atoms with van der Waals surface area (Å²) in [4.78, 5) is 11.7. The van der Waals surface area contributed by atoms with Crippen molar-refractivity contribution in [2.24, 2.45) is 5.41 Å². The van der Waals surface area contributed by atoms with Gasteiger partial charge in [-0.1, -0.05) is 86.5 Å². The monoisotopic (exact) mass is 390 g/mol. The third-order valence-electron chi connectivity index (χ3n) is 6.23. The van der Waals surface area contributed by atoms with Crippen LogP contribution in [0.2, 0.25) is 0 Å². The quantitative estimate of drug-likeness (QED) is 0.316. The van der Waals surface area contributed by atoms with Crippen molar-refractivity contribution >= 4 is 5.78 Å². The first-order chi connectivity index (χ1) is 14.2. The summed E-state index contributed by atoms with van der Waals surface area (Å²) in [7, 11) is 0. The van der Waals surface area contributed by atoms with E-state index in [4.69, 9.17) is 0 Å². The summed E-state index contributed by atoms with van der Waals surface area (Å²) < 4.78 is 0. The summed E-state index contributed by atoms with van der Waals surface area (Å²) in [5, 5.41) is 0. The number of carbonyl (C=O) groups is 1. The van der Waals surface area contributed by atoms with Gasteiger partial charge in [-0.25, -0.2) is 0 Å². The number of Topliss-reactive ketones (excluding diaryl/α,β-unsaturated/α-hetero) is 1. The molecular weight excluding hydrogens is 352 g/mol. The zero-order valence-corrected chi connectivity index (χ0v) is 18.2. The summed E-state index contributed by atoms with van der Waals surface area (Å²) in [6, 6.07) is 21.2. The molecule has 3 rings (SSSR count). The molecule has 29 heavy (non-hydrogen) atoms. The lowest BCUT2D eigenvalue weighted by molar-refractivity contribution is -0.124. The highest BCUT2D eigenvalue weighted by molar-refractivity contribution is 5.79. The lowest BCUT2D eigenvalue weighted by Gasteiger charge is -2.35. The number of aryl methyl sites for hydroxylation is 2. The van der Waals surface area contributed by atoms with Crippen LogP contribution in [0.1, 0.15) is 75.8 Å². The Bertz CT molecular complexity index is 704. The van der Waals surface area contributed by atoms with Crippen molar-refractivity contribution in [1.82, 2.24) is 0 Å². The molecule has 1 heteroatoms. The van der Waals surface area contributed by atoms with Gasteiger partial charge in [0.15, 0.2) is 0 Å². The minimum absolute atomic E-state index is 0.339. The molecule has 1 aliphatic carbocycles. The van der Waals surface area contributed by atoms with Gasteiger partial charge in [0, 0.05) is 12.8 Å². The van der Waals surface area contributed by atoms with E-state index in [1.807, 2.05) is 12.1 Å². The van der Waals surface area contributed by atoms with E-state index in [-0.39, 0.29) is 0 Å². The Morgan fingerprint density at radius 2 is 1.55 bits per heavy atom. The van der Waals surface area contributed by atoms with E-state index in [2.05, 4.69) is 68.1 Å². The van der Waals surface area contributed by atoms with E-state index >= 15 is 0 Å². The van der Waals surface area contributed by atoms with Gasteiger partial charge in [-0.3, -0.25) is 4.79 Å². The molecule has 0 N–H and O–H groups in total. The Hall–Kier alpha value is -2.15. The fourth-order valence-electron chi connectivity index (χ4n) is 4.33. The predicted molar refractivity (Wildman–Crippen MR) is 125 cm³/mol. The van der Waals surface area contributed by atoms with Crippen molar-refractivity contribution in [2.75, 3.05) is 0 Å². The van der Waals surface area contributed by atoms with Crippen LogP contribution in [-0.4, -0.2) is 5.78 Å². The molecule has 0 radical (unpaired) electrons. The molecule has 2 aromatic rings. The first-order valence-corrected chi connectivity index (χ1v) is 11.4. The summed E-state index contributed by atoms with van der Waals surface area (Å²) in [6.07, 6.45) is 14.3. The Labute approximate surface area is 178 Å². The molecule has 2 aromatic carbocycles. The van der Waals surface area contributed by atoms with Gasteiger partial charge in [0.2, 0.25) is 0 Å². The SMILES string of the molecule is C=CCCc1ccccc1.CC[C@@]1(CCCCc2ccccc2)CCCC(=O)C1. The van der Waals surface area contributed by atoms with E-state index in [0.29, 0.717) is 11.2 Å². The van der Waals surface area contributed by atoms with Gasteiger partial charge in [-0.15, -0.1) is 6.58 Å². The molecule has 1 saturated carbocycles. The van der Waals surface area contributed by atoms with Gasteiger partial charge in [0.05, 0.1) is 0 Å². The normalized spacial score (nSPS) is 18.6. The molecule has 1 nitrogen and oxygen atoms in total. The van der Waals surface area contributed by atoms with E-state index in [0.717, 1.165) is 32.1 Å². The molecule has 0 heterocycles.